The summed E-state index contributed by atoms with van der Waals surface area (Å²) in [4.78, 5) is 32.7. The van der Waals surface area contributed by atoms with E-state index in [4.69, 9.17) is 5.11 Å². The van der Waals surface area contributed by atoms with Gasteiger partial charge in [0.25, 0.3) is 5.56 Å². The predicted molar refractivity (Wildman–Crippen MR) is 59.8 cm³/mol. The summed E-state index contributed by atoms with van der Waals surface area (Å²) in [5, 5.41) is 8.87. The number of pyridine rings is 1. The van der Waals surface area contributed by atoms with E-state index in [1.54, 1.807) is 25.4 Å². The summed E-state index contributed by atoms with van der Waals surface area (Å²) in [6.07, 6.45) is 3.10. The van der Waals surface area contributed by atoms with Crippen LogP contribution in [0.4, 0.5) is 0 Å². The minimum absolute atomic E-state index is 0.321. The van der Waals surface area contributed by atoms with E-state index in [0.29, 0.717) is 17.1 Å². The van der Waals surface area contributed by atoms with Crippen LogP contribution in [-0.2, 0) is 0 Å². The second kappa shape index (κ2) is 4.17. The number of aromatic nitrogens is 3. The van der Waals surface area contributed by atoms with Crippen LogP contribution >= 0.6 is 0 Å². The lowest BCUT2D eigenvalue weighted by molar-refractivity contribution is 0.0695. The molecule has 0 amide bonds. The van der Waals surface area contributed by atoms with Gasteiger partial charge in [0.15, 0.2) is 5.82 Å². The van der Waals surface area contributed by atoms with E-state index in [-0.39, 0.29) is 5.56 Å². The quantitative estimate of drug-likeness (QED) is 0.798. The Morgan fingerprint density at radius 3 is 2.59 bits per heavy atom. The maximum atomic E-state index is 11.4. The molecule has 0 radical (unpaired) electrons. The average Bonchev–Trinajstić information content (AvgIpc) is 2.29. The van der Waals surface area contributed by atoms with Crippen molar-refractivity contribution in [3.8, 4) is 11.4 Å². The number of rotatable bonds is 2. The first-order chi connectivity index (χ1) is 8.09. The zero-order chi connectivity index (χ0) is 12.4. The number of nitrogens with one attached hydrogen (secondary N) is 1. The highest BCUT2D eigenvalue weighted by Gasteiger charge is 2.14. The number of carboxylic acid groups (broad SMARTS) is 1. The summed E-state index contributed by atoms with van der Waals surface area (Å²) in [5.41, 5.74) is 0.0848. The van der Waals surface area contributed by atoms with Crippen LogP contribution in [0.1, 0.15) is 16.1 Å². The predicted octanol–water partition coefficient (Wildman–Crippen LogP) is 0.839. The molecule has 2 N–H and O–H groups in total. The molecule has 2 aromatic rings. The molecule has 0 unspecified atom stereocenters. The summed E-state index contributed by atoms with van der Waals surface area (Å²) in [5.74, 6) is -0.896. The van der Waals surface area contributed by atoms with E-state index in [9.17, 15) is 9.59 Å². The normalized spacial score (nSPS) is 10.2. The summed E-state index contributed by atoms with van der Waals surface area (Å²) >= 11 is 0. The number of aromatic amines is 1. The maximum Gasteiger partial charge on any atom is 0.341 e. The molecule has 0 aromatic carbocycles. The molecule has 2 heterocycles. The highest BCUT2D eigenvalue weighted by atomic mass is 16.4. The lowest BCUT2D eigenvalue weighted by atomic mass is 10.1. The van der Waals surface area contributed by atoms with Crippen molar-refractivity contribution in [3.63, 3.8) is 0 Å². The van der Waals surface area contributed by atoms with Gasteiger partial charge in [0, 0.05) is 23.7 Å². The maximum absolute atomic E-state index is 11.4. The molecule has 0 saturated heterocycles. The number of carbonyl (C=O) groups is 1. The molecular formula is C11H9N3O3. The van der Waals surface area contributed by atoms with Gasteiger partial charge in [-0.05, 0) is 19.1 Å². The fourth-order valence-corrected chi connectivity index (χ4v) is 1.45. The summed E-state index contributed by atoms with van der Waals surface area (Å²) in [6, 6.07) is 2.94. The minimum atomic E-state index is -1.27. The van der Waals surface area contributed by atoms with Gasteiger partial charge in [-0.25, -0.2) is 14.8 Å². The van der Waals surface area contributed by atoms with Crippen molar-refractivity contribution in [2.24, 2.45) is 0 Å². The number of hydrogen-bond acceptors (Lipinski definition) is 4. The second-order valence-electron chi connectivity index (χ2n) is 3.43. The number of carboxylic acids is 1. The molecule has 0 spiro atoms. The van der Waals surface area contributed by atoms with Crippen LogP contribution in [0.5, 0.6) is 0 Å². The van der Waals surface area contributed by atoms with E-state index in [1.165, 1.54) is 6.07 Å². The first kappa shape index (κ1) is 11.0. The Hall–Kier alpha value is -2.50. The fourth-order valence-electron chi connectivity index (χ4n) is 1.45. The average molecular weight is 231 g/mol. The second-order valence-corrected chi connectivity index (χ2v) is 3.43. The highest BCUT2D eigenvalue weighted by Crippen LogP contribution is 2.16. The standard InChI is InChI=1S/C11H9N3O3/c1-6-7(9-12-3-2-4-13-9)5-8(11(16)17)10(15)14-6/h2-5H,1H3,(H,14,15)(H,16,17). The summed E-state index contributed by atoms with van der Waals surface area (Å²) < 4.78 is 0. The number of hydrogen-bond donors (Lipinski definition) is 2. The van der Waals surface area contributed by atoms with E-state index >= 15 is 0 Å². The smallest absolute Gasteiger partial charge is 0.341 e. The molecule has 6 nitrogen and oxygen atoms in total. The van der Waals surface area contributed by atoms with Gasteiger partial charge < -0.3 is 10.1 Å². The van der Waals surface area contributed by atoms with Gasteiger partial charge in [0.1, 0.15) is 5.56 Å². The summed E-state index contributed by atoms with van der Waals surface area (Å²) in [7, 11) is 0. The largest absolute Gasteiger partial charge is 0.477 e. The van der Waals surface area contributed by atoms with Crippen molar-refractivity contribution in [1.82, 2.24) is 15.0 Å². The van der Waals surface area contributed by atoms with Crippen molar-refractivity contribution >= 4 is 5.97 Å². The van der Waals surface area contributed by atoms with Gasteiger partial charge in [-0.15, -0.1) is 0 Å². The lowest BCUT2D eigenvalue weighted by Gasteiger charge is -2.04. The third kappa shape index (κ3) is 2.05. The van der Waals surface area contributed by atoms with E-state index in [1.807, 2.05) is 0 Å². The van der Waals surface area contributed by atoms with Gasteiger partial charge in [0.05, 0.1) is 0 Å². The zero-order valence-corrected chi connectivity index (χ0v) is 8.97. The van der Waals surface area contributed by atoms with Gasteiger partial charge in [0.2, 0.25) is 0 Å². The molecule has 0 aliphatic heterocycles. The van der Waals surface area contributed by atoms with E-state index in [2.05, 4.69) is 15.0 Å². The van der Waals surface area contributed by atoms with Crippen LogP contribution in [0.25, 0.3) is 11.4 Å². The zero-order valence-electron chi connectivity index (χ0n) is 8.97. The molecule has 0 atom stereocenters. The molecule has 0 aliphatic carbocycles. The Balaban J connectivity index is 2.67. The Labute approximate surface area is 96.0 Å². The number of aryl methyl sites for hydroxylation is 1. The van der Waals surface area contributed by atoms with Crippen molar-refractivity contribution in [3.05, 3.63) is 46.1 Å². The van der Waals surface area contributed by atoms with Gasteiger partial charge in [-0.1, -0.05) is 0 Å². The van der Waals surface area contributed by atoms with Crippen LogP contribution < -0.4 is 5.56 Å². The number of aromatic carboxylic acids is 1. The number of H-pyrrole nitrogens is 1. The Kier molecular flexibility index (Phi) is 2.70. The molecule has 0 fully saturated rings. The summed E-state index contributed by atoms with van der Waals surface area (Å²) in [6.45, 7) is 1.67. The minimum Gasteiger partial charge on any atom is -0.477 e. The molecule has 6 heteroatoms. The topological polar surface area (TPSA) is 95.9 Å². The molecular weight excluding hydrogens is 222 g/mol. The van der Waals surface area contributed by atoms with Gasteiger partial charge >= 0.3 is 5.97 Å². The Morgan fingerprint density at radius 1 is 1.35 bits per heavy atom. The molecule has 17 heavy (non-hydrogen) atoms. The van der Waals surface area contributed by atoms with Crippen LogP contribution in [-0.4, -0.2) is 26.0 Å². The SMILES string of the molecule is Cc1[nH]c(=O)c(C(=O)O)cc1-c1ncccn1. The number of nitrogens with zero attached hydrogens (tertiary/aromatic N) is 2. The van der Waals surface area contributed by atoms with Crippen LogP contribution in [0.2, 0.25) is 0 Å². The fraction of sp³-hybridized carbons (Fsp3) is 0.0909. The first-order valence-corrected chi connectivity index (χ1v) is 4.84. The third-order valence-corrected chi connectivity index (χ3v) is 2.28. The molecule has 2 aromatic heterocycles. The Bertz CT molecular complexity index is 620. The van der Waals surface area contributed by atoms with E-state index in [0.717, 1.165) is 0 Å². The van der Waals surface area contributed by atoms with Gasteiger partial charge in [-0.3, -0.25) is 4.79 Å². The first-order valence-electron chi connectivity index (χ1n) is 4.84. The third-order valence-electron chi connectivity index (χ3n) is 2.28. The Morgan fingerprint density at radius 2 is 2.00 bits per heavy atom. The van der Waals surface area contributed by atoms with Crippen molar-refractivity contribution in [2.45, 2.75) is 6.92 Å². The van der Waals surface area contributed by atoms with Crippen LogP contribution in [0.3, 0.4) is 0 Å². The molecule has 0 aliphatic rings. The van der Waals surface area contributed by atoms with Crippen LogP contribution in [0, 0.1) is 6.92 Å². The van der Waals surface area contributed by atoms with Crippen molar-refractivity contribution < 1.29 is 9.90 Å². The lowest BCUT2D eigenvalue weighted by Crippen LogP contribution is -2.18. The van der Waals surface area contributed by atoms with E-state index < -0.39 is 11.5 Å². The van der Waals surface area contributed by atoms with Crippen molar-refractivity contribution in [1.29, 1.82) is 0 Å². The molecule has 86 valence electrons. The van der Waals surface area contributed by atoms with Gasteiger partial charge in [-0.2, -0.15) is 0 Å². The molecule has 2 rings (SSSR count). The monoisotopic (exact) mass is 231 g/mol. The highest BCUT2D eigenvalue weighted by molar-refractivity contribution is 5.88. The molecule has 0 bridgehead atoms. The molecule has 0 saturated carbocycles. The van der Waals surface area contributed by atoms with Crippen molar-refractivity contribution in [2.75, 3.05) is 0 Å². The van der Waals surface area contributed by atoms with Crippen LogP contribution in [0.15, 0.2) is 29.3 Å².